The van der Waals surface area contributed by atoms with Crippen LogP contribution in [0.15, 0.2) is 54.9 Å². The van der Waals surface area contributed by atoms with Gasteiger partial charge in [-0.05, 0) is 36.4 Å². The van der Waals surface area contributed by atoms with Gasteiger partial charge in [-0.2, -0.15) is 5.10 Å². The van der Waals surface area contributed by atoms with Gasteiger partial charge in [0.25, 0.3) is 0 Å². The van der Waals surface area contributed by atoms with E-state index in [0.29, 0.717) is 38.0 Å². The van der Waals surface area contributed by atoms with E-state index >= 15 is 0 Å². The van der Waals surface area contributed by atoms with Crippen molar-refractivity contribution in [3.8, 4) is 5.75 Å². The number of carboxylic acid groups (broad SMARTS) is 1. The monoisotopic (exact) mass is 445 g/mol. The molecule has 0 bridgehead atoms. The van der Waals surface area contributed by atoms with Crippen molar-refractivity contribution < 1.29 is 19.0 Å². The zero-order valence-electron chi connectivity index (χ0n) is 15.3. The molecule has 2 heterocycles. The number of nitrogens with zero attached hydrogens (tertiary/aromatic N) is 3. The van der Waals surface area contributed by atoms with Crippen LogP contribution in [-0.4, -0.2) is 25.8 Å². The smallest absolute Gasteiger partial charge is 0.336 e. The van der Waals surface area contributed by atoms with Crippen LogP contribution in [0.4, 0.5) is 4.39 Å². The van der Waals surface area contributed by atoms with Crippen LogP contribution in [0.5, 0.6) is 5.75 Å². The second-order valence-corrected chi connectivity index (χ2v) is 7.35. The molecular weight excluding hydrogens is 432 g/mol. The van der Waals surface area contributed by atoms with E-state index in [4.69, 9.17) is 27.9 Å². The summed E-state index contributed by atoms with van der Waals surface area (Å²) in [4.78, 5) is 15.7. The van der Waals surface area contributed by atoms with Crippen LogP contribution in [0, 0.1) is 5.82 Å². The summed E-state index contributed by atoms with van der Waals surface area (Å²) in [5.74, 6) is -1.02. The molecule has 1 N–H and O–H groups in total. The number of aromatic carboxylic acids is 1. The van der Waals surface area contributed by atoms with Crippen molar-refractivity contribution in [3.63, 3.8) is 0 Å². The second-order valence-electron chi connectivity index (χ2n) is 6.48. The summed E-state index contributed by atoms with van der Waals surface area (Å²) in [6.07, 6.45) is 2.88. The molecule has 9 heteroatoms. The summed E-state index contributed by atoms with van der Waals surface area (Å²) in [5.41, 5.74) is 1.58. The lowest BCUT2D eigenvalue weighted by Gasteiger charge is -2.13. The average Bonchev–Trinajstić information content (AvgIpc) is 3.11. The Morgan fingerprint density at radius 1 is 1.10 bits per heavy atom. The third kappa shape index (κ3) is 4.08. The highest BCUT2D eigenvalue weighted by Crippen LogP contribution is 2.27. The van der Waals surface area contributed by atoms with E-state index in [2.05, 4.69) is 10.1 Å². The Hall–Kier alpha value is -3.16. The summed E-state index contributed by atoms with van der Waals surface area (Å²) < 4.78 is 21.4. The Labute approximate surface area is 180 Å². The second kappa shape index (κ2) is 8.30. The van der Waals surface area contributed by atoms with E-state index in [0.717, 1.165) is 0 Å². The zero-order chi connectivity index (χ0) is 21.3. The zero-order valence-corrected chi connectivity index (χ0v) is 16.9. The maximum Gasteiger partial charge on any atom is 0.336 e. The molecule has 0 unspecified atom stereocenters. The lowest BCUT2D eigenvalue weighted by atomic mass is 10.2. The highest BCUT2D eigenvalue weighted by atomic mass is 35.5. The fourth-order valence-corrected chi connectivity index (χ4v) is 3.40. The number of carboxylic acids is 1. The maximum absolute atomic E-state index is 14.0. The van der Waals surface area contributed by atoms with Gasteiger partial charge in [0, 0.05) is 27.4 Å². The maximum atomic E-state index is 14.0. The molecular formula is C21H14Cl2FN3O3. The van der Waals surface area contributed by atoms with Crippen molar-refractivity contribution in [2.24, 2.45) is 0 Å². The minimum absolute atomic E-state index is 0.00109. The number of hydrogen-bond acceptors (Lipinski definition) is 4. The van der Waals surface area contributed by atoms with Crippen molar-refractivity contribution in [1.29, 1.82) is 0 Å². The SMILES string of the molecule is O=C(O)c1ccnc2c1cnn2Cc1cc(Cl)ccc1OCc1ccc(Cl)cc1F. The third-order valence-electron chi connectivity index (χ3n) is 4.51. The Kier molecular flexibility index (Phi) is 5.57. The quantitative estimate of drug-likeness (QED) is 0.441. The van der Waals surface area contributed by atoms with Gasteiger partial charge in [0.1, 0.15) is 18.2 Å². The van der Waals surface area contributed by atoms with Gasteiger partial charge < -0.3 is 9.84 Å². The van der Waals surface area contributed by atoms with Crippen LogP contribution < -0.4 is 4.74 Å². The van der Waals surface area contributed by atoms with Gasteiger partial charge in [-0.3, -0.25) is 0 Å². The molecule has 30 heavy (non-hydrogen) atoms. The molecule has 0 saturated carbocycles. The van der Waals surface area contributed by atoms with Crippen LogP contribution in [0.1, 0.15) is 21.5 Å². The van der Waals surface area contributed by atoms with Crippen LogP contribution in [0.2, 0.25) is 10.0 Å². The molecule has 4 aromatic rings. The molecule has 0 atom stereocenters. The molecule has 0 radical (unpaired) electrons. The minimum atomic E-state index is -1.06. The third-order valence-corrected chi connectivity index (χ3v) is 4.98. The van der Waals surface area contributed by atoms with Crippen molar-refractivity contribution in [1.82, 2.24) is 14.8 Å². The Morgan fingerprint density at radius 3 is 2.63 bits per heavy atom. The fraction of sp³-hybridized carbons (Fsp3) is 0.0952. The van der Waals surface area contributed by atoms with E-state index in [1.54, 1.807) is 35.0 Å². The predicted octanol–water partition coefficient (Wildman–Crippen LogP) is 5.20. The van der Waals surface area contributed by atoms with Crippen LogP contribution in [-0.2, 0) is 13.2 Å². The van der Waals surface area contributed by atoms with Crippen molar-refractivity contribution in [2.45, 2.75) is 13.2 Å². The van der Waals surface area contributed by atoms with Crippen LogP contribution >= 0.6 is 23.2 Å². The van der Waals surface area contributed by atoms with Gasteiger partial charge >= 0.3 is 5.97 Å². The minimum Gasteiger partial charge on any atom is -0.488 e. The van der Waals surface area contributed by atoms with E-state index in [1.165, 1.54) is 24.5 Å². The molecule has 0 aliphatic rings. The fourth-order valence-electron chi connectivity index (χ4n) is 3.05. The van der Waals surface area contributed by atoms with Gasteiger partial charge in [-0.1, -0.05) is 29.3 Å². The van der Waals surface area contributed by atoms with E-state index in [1.807, 2.05) is 0 Å². The van der Waals surface area contributed by atoms with E-state index < -0.39 is 11.8 Å². The molecule has 0 spiro atoms. The van der Waals surface area contributed by atoms with Crippen molar-refractivity contribution in [2.75, 3.05) is 0 Å². The van der Waals surface area contributed by atoms with Gasteiger partial charge in [-0.15, -0.1) is 0 Å². The number of ether oxygens (including phenoxy) is 1. The molecule has 6 nitrogen and oxygen atoms in total. The Morgan fingerprint density at radius 2 is 1.87 bits per heavy atom. The largest absolute Gasteiger partial charge is 0.488 e. The number of rotatable bonds is 6. The molecule has 0 amide bonds. The van der Waals surface area contributed by atoms with Gasteiger partial charge in [0.05, 0.1) is 23.7 Å². The van der Waals surface area contributed by atoms with E-state index in [-0.39, 0.29) is 18.7 Å². The summed E-state index contributed by atoms with van der Waals surface area (Å²) >= 11 is 11.9. The first-order valence-corrected chi connectivity index (χ1v) is 9.57. The first-order valence-electron chi connectivity index (χ1n) is 8.81. The number of benzene rings is 2. The summed E-state index contributed by atoms with van der Waals surface area (Å²) in [7, 11) is 0. The Bertz CT molecular complexity index is 1260. The van der Waals surface area contributed by atoms with Gasteiger partial charge in [0.15, 0.2) is 5.65 Å². The molecule has 0 fully saturated rings. The molecule has 0 aliphatic carbocycles. The highest BCUT2D eigenvalue weighted by molar-refractivity contribution is 6.30. The number of carbonyl (C=O) groups is 1. The topological polar surface area (TPSA) is 77.2 Å². The average molecular weight is 446 g/mol. The van der Waals surface area contributed by atoms with Crippen molar-refractivity contribution in [3.05, 3.63) is 87.4 Å². The van der Waals surface area contributed by atoms with Crippen LogP contribution in [0.3, 0.4) is 0 Å². The summed E-state index contributed by atoms with van der Waals surface area (Å²) in [5, 5.41) is 14.8. The normalized spacial score (nSPS) is 11.0. The van der Waals surface area contributed by atoms with Gasteiger partial charge in [-0.25, -0.2) is 18.9 Å². The van der Waals surface area contributed by atoms with Crippen molar-refractivity contribution >= 4 is 40.2 Å². The van der Waals surface area contributed by atoms with Gasteiger partial charge in [0.2, 0.25) is 0 Å². The number of fused-ring (bicyclic) bond motifs is 1. The first-order chi connectivity index (χ1) is 14.4. The number of aromatic nitrogens is 3. The predicted molar refractivity (Wildman–Crippen MR) is 111 cm³/mol. The Balaban J connectivity index is 1.64. The first kappa shape index (κ1) is 20.1. The lowest BCUT2D eigenvalue weighted by molar-refractivity contribution is 0.0699. The van der Waals surface area contributed by atoms with Crippen LogP contribution in [0.25, 0.3) is 11.0 Å². The summed E-state index contributed by atoms with van der Waals surface area (Å²) in [6, 6.07) is 10.9. The van der Waals surface area contributed by atoms with E-state index in [9.17, 15) is 14.3 Å². The number of pyridine rings is 1. The standard InChI is InChI=1S/C21H14Cl2FN3O3/c22-14-3-4-19(30-11-12-1-2-15(23)8-18(12)24)13(7-14)10-27-20-17(9-26-27)16(21(28)29)5-6-25-20/h1-9H,10-11H2,(H,28,29). The summed E-state index contributed by atoms with van der Waals surface area (Å²) in [6.45, 7) is 0.234. The molecule has 2 aromatic carbocycles. The molecule has 2 aromatic heterocycles. The molecule has 4 rings (SSSR count). The number of hydrogen-bond donors (Lipinski definition) is 1. The molecule has 152 valence electrons. The number of halogens is 3. The molecule has 0 saturated heterocycles. The molecule has 0 aliphatic heterocycles. The highest BCUT2D eigenvalue weighted by Gasteiger charge is 2.15. The lowest BCUT2D eigenvalue weighted by Crippen LogP contribution is -2.07.